The predicted molar refractivity (Wildman–Crippen MR) is 96.4 cm³/mol. The number of fused-ring (bicyclic) bond motifs is 1. The van der Waals surface area contributed by atoms with E-state index in [-0.39, 0.29) is 39.7 Å². The molecule has 0 fully saturated rings. The Kier molecular flexibility index (Phi) is 4.59. The van der Waals surface area contributed by atoms with Crippen molar-refractivity contribution in [3.05, 3.63) is 39.4 Å². The van der Waals surface area contributed by atoms with Crippen LogP contribution in [0.1, 0.15) is 0 Å². The molecule has 0 saturated heterocycles. The van der Waals surface area contributed by atoms with Gasteiger partial charge in [0.15, 0.2) is 34.4 Å². The summed E-state index contributed by atoms with van der Waals surface area (Å²) in [6.45, 7) is 0. The topological polar surface area (TPSA) is 128 Å². The van der Waals surface area contributed by atoms with Gasteiger partial charge in [-0.25, -0.2) is 0 Å². The normalized spacial score (nSPS) is 10.6. The molecule has 9 heteroatoms. The fraction of sp³-hybridized carbons (Fsp3) is 0.167. The molecule has 0 spiro atoms. The molecule has 0 aliphatic heterocycles. The van der Waals surface area contributed by atoms with Crippen LogP contribution < -0.4 is 19.6 Å². The molecule has 2 aromatic carbocycles. The standard InChI is InChI=1S/C18H15NO8/c1-24-11-5-4-8(6-9(11)20)16-18(26-3)15(22)13-12(27-16)7-10(21)17(25-2)14(13)19-23/h4-7,20-21H,1-3H3. The summed E-state index contributed by atoms with van der Waals surface area (Å²) in [4.78, 5) is 24.2. The zero-order valence-corrected chi connectivity index (χ0v) is 14.6. The highest BCUT2D eigenvalue weighted by Gasteiger charge is 2.24. The van der Waals surface area contributed by atoms with Crippen LogP contribution >= 0.6 is 0 Å². The van der Waals surface area contributed by atoms with Gasteiger partial charge in [-0.2, -0.15) is 0 Å². The Labute approximate surface area is 152 Å². The molecule has 0 bridgehead atoms. The van der Waals surface area contributed by atoms with E-state index in [4.69, 9.17) is 18.6 Å². The molecule has 0 radical (unpaired) electrons. The van der Waals surface area contributed by atoms with Crippen molar-refractivity contribution in [1.29, 1.82) is 0 Å². The lowest BCUT2D eigenvalue weighted by Crippen LogP contribution is -2.08. The second kappa shape index (κ2) is 6.87. The lowest BCUT2D eigenvalue weighted by Gasteiger charge is -2.12. The van der Waals surface area contributed by atoms with Crippen LogP contribution in [0.15, 0.2) is 38.7 Å². The highest BCUT2D eigenvalue weighted by molar-refractivity contribution is 5.96. The van der Waals surface area contributed by atoms with E-state index in [0.717, 1.165) is 6.07 Å². The van der Waals surface area contributed by atoms with Gasteiger partial charge in [-0.05, 0) is 23.4 Å². The van der Waals surface area contributed by atoms with Gasteiger partial charge in [-0.15, -0.1) is 4.91 Å². The van der Waals surface area contributed by atoms with Gasteiger partial charge >= 0.3 is 0 Å². The first kappa shape index (κ1) is 18.1. The smallest absolute Gasteiger partial charge is 0.237 e. The number of hydrogen-bond donors (Lipinski definition) is 2. The Morgan fingerprint density at radius 3 is 2.22 bits per heavy atom. The number of nitrogens with zero attached hydrogens (tertiary/aromatic N) is 1. The van der Waals surface area contributed by atoms with Crippen LogP contribution in [0.5, 0.6) is 28.7 Å². The Hall–Kier alpha value is -3.75. The van der Waals surface area contributed by atoms with E-state index in [1.165, 1.54) is 33.5 Å². The molecule has 1 heterocycles. The van der Waals surface area contributed by atoms with E-state index in [0.29, 0.717) is 5.56 Å². The van der Waals surface area contributed by atoms with Crippen LogP contribution in [-0.2, 0) is 0 Å². The highest BCUT2D eigenvalue weighted by Crippen LogP contribution is 2.44. The van der Waals surface area contributed by atoms with Gasteiger partial charge in [0.05, 0.1) is 21.3 Å². The van der Waals surface area contributed by atoms with Crippen LogP contribution in [0.25, 0.3) is 22.3 Å². The zero-order chi connectivity index (χ0) is 19.7. The molecular weight excluding hydrogens is 358 g/mol. The lowest BCUT2D eigenvalue weighted by atomic mass is 10.1. The van der Waals surface area contributed by atoms with Crippen molar-refractivity contribution in [3.8, 4) is 40.1 Å². The Morgan fingerprint density at radius 1 is 0.963 bits per heavy atom. The third-order valence-corrected chi connectivity index (χ3v) is 3.99. The number of phenolic OH excluding ortho intramolecular Hbond substituents is 2. The van der Waals surface area contributed by atoms with Crippen LogP contribution in [0.3, 0.4) is 0 Å². The fourth-order valence-corrected chi connectivity index (χ4v) is 2.78. The number of methoxy groups -OCH3 is 3. The van der Waals surface area contributed by atoms with E-state index < -0.39 is 16.9 Å². The Bertz CT molecular complexity index is 1100. The maximum atomic E-state index is 12.9. The second-order valence-corrected chi connectivity index (χ2v) is 5.42. The average Bonchev–Trinajstić information content (AvgIpc) is 2.66. The quantitative estimate of drug-likeness (QED) is 0.652. The van der Waals surface area contributed by atoms with Gasteiger partial charge < -0.3 is 28.8 Å². The molecular formula is C18H15NO8. The first-order valence-electron chi connectivity index (χ1n) is 7.62. The summed E-state index contributed by atoms with van der Waals surface area (Å²) in [5.41, 5.74) is -0.861. The third-order valence-electron chi connectivity index (χ3n) is 3.99. The lowest BCUT2D eigenvalue weighted by molar-refractivity contribution is 0.372. The van der Waals surface area contributed by atoms with Crippen LogP contribution in [-0.4, -0.2) is 31.5 Å². The molecule has 3 aromatic rings. The van der Waals surface area contributed by atoms with Crippen molar-refractivity contribution in [2.45, 2.75) is 0 Å². The monoisotopic (exact) mass is 373 g/mol. The summed E-state index contributed by atoms with van der Waals surface area (Å²) in [5.74, 6) is -0.819. The SMILES string of the molecule is COc1ccc(-c2oc3cc(O)c(OC)c(N=O)c3c(=O)c2OC)cc1O. The summed E-state index contributed by atoms with van der Waals surface area (Å²) < 4.78 is 20.8. The first-order chi connectivity index (χ1) is 13.0. The van der Waals surface area contributed by atoms with E-state index in [1.807, 2.05) is 0 Å². The molecule has 0 atom stereocenters. The van der Waals surface area contributed by atoms with Crippen molar-refractivity contribution in [1.82, 2.24) is 0 Å². The second-order valence-electron chi connectivity index (χ2n) is 5.42. The maximum Gasteiger partial charge on any atom is 0.237 e. The summed E-state index contributed by atoms with van der Waals surface area (Å²) in [7, 11) is 3.88. The van der Waals surface area contributed by atoms with Crippen molar-refractivity contribution < 1.29 is 28.8 Å². The van der Waals surface area contributed by atoms with E-state index in [9.17, 15) is 19.9 Å². The van der Waals surface area contributed by atoms with Gasteiger partial charge in [-0.1, -0.05) is 0 Å². The average molecular weight is 373 g/mol. The minimum absolute atomic E-state index is 0.00521. The number of rotatable bonds is 5. The van der Waals surface area contributed by atoms with Crippen molar-refractivity contribution in [2.24, 2.45) is 5.18 Å². The van der Waals surface area contributed by atoms with E-state index in [2.05, 4.69) is 5.18 Å². The molecule has 0 saturated carbocycles. The Morgan fingerprint density at radius 2 is 1.67 bits per heavy atom. The van der Waals surface area contributed by atoms with Crippen LogP contribution in [0, 0.1) is 4.91 Å². The number of benzene rings is 2. The number of nitroso groups, excluding NO2 is 1. The van der Waals surface area contributed by atoms with Gasteiger partial charge in [0.2, 0.25) is 11.2 Å². The third kappa shape index (κ3) is 2.78. The minimum Gasteiger partial charge on any atom is -0.504 e. The van der Waals surface area contributed by atoms with Gasteiger partial charge in [-0.3, -0.25) is 4.79 Å². The molecule has 27 heavy (non-hydrogen) atoms. The van der Waals surface area contributed by atoms with Crippen LogP contribution in [0.4, 0.5) is 5.69 Å². The van der Waals surface area contributed by atoms with Gasteiger partial charge in [0.25, 0.3) is 0 Å². The maximum absolute atomic E-state index is 12.9. The molecule has 1 aromatic heterocycles. The summed E-state index contributed by atoms with van der Waals surface area (Å²) in [6.07, 6.45) is 0. The molecule has 9 nitrogen and oxygen atoms in total. The molecule has 140 valence electrons. The summed E-state index contributed by atoms with van der Waals surface area (Å²) in [6, 6.07) is 5.50. The largest absolute Gasteiger partial charge is 0.504 e. The highest BCUT2D eigenvalue weighted by atomic mass is 16.5. The van der Waals surface area contributed by atoms with Crippen molar-refractivity contribution in [3.63, 3.8) is 0 Å². The van der Waals surface area contributed by atoms with Crippen LogP contribution in [0.2, 0.25) is 0 Å². The molecule has 0 aliphatic carbocycles. The fourth-order valence-electron chi connectivity index (χ4n) is 2.78. The van der Waals surface area contributed by atoms with Gasteiger partial charge in [0, 0.05) is 11.6 Å². The number of phenols is 2. The molecule has 0 amide bonds. The molecule has 3 rings (SSSR count). The zero-order valence-electron chi connectivity index (χ0n) is 14.6. The summed E-state index contributed by atoms with van der Waals surface area (Å²) in [5, 5.41) is 22.6. The molecule has 0 unspecified atom stereocenters. The van der Waals surface area contributed by atoms with Crippen molar-refractivity contribution >= 4 is 16.7 Å². The summed E-state index contributed by atoms with van der Waals surface area (Å²) >= 11 is 0. The molecule has 0 aliphatic rings. The number of ether oxygens (including phenoxy) is 3. The van der Waals surface area contributed by atoms with Gasteiger partial charge in [0.1, 0.15) is 11.0 Å². The first-order valence-corrected chi connectivity index (χ1v) is 7.62. The molecule has 2 N–H and O–H groups in total. The number of hydrogen-bond acceptors (Lipinski definition) is 9. The minimum atomic E-state index is -0.683. The predicted octanol–water partition coefficient (Wildman–Crippen LogP) is 3.29. The Balaban J connectivity index is 2.41. The van der Waals surface area contributed by atoms with Crippen molar-refractivity contribution in [2.75, 3.05) is 21.3 Å². The number of aromatic hydroxyl groups is 2. The van der Waals surface area contributed by atoms with E-state index >= 15 is 0 Å². The van der Waals surface area contributed by atoms with E-state index in [1.54, 1.807) is 6.07 Å².